The lowest BCUT2D eigenvalue weighted by atomic mass is 9.83. The summed E-state index contributed by atoms with van der Waals surface area (Å²) in [6, 6.07) is 0. The van der Waals surface area contributed by atoms with Gasteiger partial charge in [-0.05, 0) is 44.7 Å². The molecule has 0 aromatic heterocycles. The maximum Gasteiger partial charge on any atom is 0.0356 e. The normalized spacial score (nSPS) is 30.6. The summed E-state index contributed by atoms with van der Waals surface area (Å²) in [4.78, 5) is 2.56. The van der Waals surface area contributed by atoms with Gasteiger partial charge in [0.15, 0.2) is 0 Å². The molecule has 2 nitrogen and oxygen atoms in total. The highest BCUT2D eigenvalue weighted by Crippen LogP contribution is 2.41. The molecular formula is C14H30N2. The van der Waals surface area contributed by atoms with Gasteiger partial charge in [-0.2, -0.15) is 0 Å². The number of likely N-dealkylation sites (N-methyl/N-ethyl adjacent to an activating group) is 1. The second kappa shape index (κ2) is 6.02. The fourth-order valence-corrected chi connectivity index (χ4v) is 3.31. The Morgan fingerprint density at radius 1 is 1.44 bits per heavy atom. The Bertz CT molecular complexity index is 203. The molecule has 1 fully saturated rings. The summed E-state index contributed by atoms with van der Waals surface area (Å²) in [6.45, 7) is 8.95. The number of hydrogen-bond donors (Lipinski definition) is 1. The third-order valence-corrected chi connectivity index (χ3v) is 4.57. The van der Waals surface area contributed by atoms with Crippen molar-refractivity contribution in [1.29, 1.82) is 0 Å². The lowest BCUT2D eigenvalue weighted by Crippen LogP contribution is -2.54. The minimum Gasteiger partial charge on any atom is -0.329 e. The van der Waals surface area contributed by atoms with Gasteiger partial charge in [-0.25, -0.2) is 0 Å². The van der Waals surface area contributed by atoms with Gasteiger partial charge in [0.05, 0.1) is 0 Å². The zero-order chi connectivity index (χ0) is 12.2. The maximum absolute atomic E-state index is 6.10. The quantitative estimate of drug-likeness (QED) is 0.754. The molecule has 0 bridgehead atoms. The summed E-state index contributed by atoms with van der Waals surface area (Å²) in [5, 5.41) is 0. The Balaban J connectivity index is 2.63. The van der Waals surface area contributed by atoms with Gasteiger partial charge in [0.25, 0.3) is 0 Å². The van der Waals surface area contributed by atoms with E-state index >= 15 is 0 Å². The average Bonchev–Trinajstić information content (AvgIpc) is 2.69. The Morgan fingerprint density at radius 3 is 2.62 bits per heavy atom. The molecule has 0 amide bonds. The smallest absolute Gasteiger partial charge is 0.0356 e. The molecule has 2 unspecified atom stereocenters. The molecule has 0 aliphatic heterocycles. The van der Waals surface area contributed by atoms with Crippen LogP contribution in [0.5, 0.6) is 0 Å². The topological polar surface area (TPSA) is 29.3 Å². The Hall–Kier alpha value is -0.0800. The highest BCUT2D eigenvalue weighted by molar-refractivity contribution is 5.00. The molecule has 2 atom stereocenters. The number of nitrogens with two attached hydrogens (primary N) is 1. The van der Waals surface area contributed by atoms with Crippen molar-refractivity contribution in [3.63, 3.8) is 0 Å². The molecule has 0 aromatic rings. The summed E-state index contributed by atoms with van der Waals surface area (Å²) >= 11 is 0. The zero-order valence-corrected chi connectivity index (χ0v) is 11.6. The van der Waals surface area contributed by atoms with E-state index in [9.17, 15) is 0 Å². The van der Waals surface area contributed by atoms with Crippen LogP contribution in [0.4, 0.5) is 0 Å². The van der Waals surface area contributed by atoms with Gasteiger partial charge in [-0.15, -0.1) is 0 Å². The SMILES string of the molecule is CCC1CCCC1(CN)N(C)CCC(C)C. The van der Waals surface area contributed by atoms with Gasteiger partial charge >= 0.3 is 0 Å². The lowest BCUT2D eigenvalue weighted by molar-refractivity contribution is 0.0773. The third kappa shape index (κ3) is 2.78. The molecule has 0 heterocycles. The summed E-state index contributed by atoms with van der Waals surface area (Å²) in [7, 11) is 2.28. The van der Waals surface area contributed by atoms with Crippen molar-refractivity contribution < 1.29 is 0 Å². The standard InChI is InChI=1S/C14H30N2/c1-5-13-7-6-9-14(13,11-15)16(4)10-8-12(2)3/h12-13H,5-11,15H2,1-4H3. The Labute approximate surface area is 102 Å². The van der Waals surface area contributed by atoms with Gasteiger partial charge in [0, 0.05) is 12.1 Å². The highest BCUT2D eigenvalue weighted by atomic mass is 15.2. The minimum absolute atomic E-state index is 0.309. The maximum atomic E-state index is 6.10. The van der Waals surface area contributed by atoms with Crippen LogP contribution in [0, 0.1) is 11.8 Å². The second-order valence-corrected chi connectivity index (χ2v) is 5.91. The predicted molar refractivity (Wildman–Crippen MR) is 71.5 cm³/mol. The fourth-order valence-electron chi connectivity index (χ4n) is 3.31. The molecule has 16 heavy (non-hydrogen) atoms. The van der Waals surface area contributed by atoms with Crippen LogP contribution in [0.1, 0.15) is 52.9 Å². The van der Waals surface area contributed by atoms with Crippen LogP contribution in [0.3, 0.4) is 0 Å². The summed E-state index contributed by atoms with van der Waals surface area (Å²) in [6.07, 6.45) is 6.61. The highest BCUT2D eigenvalue weighted by Gasteiger charge is 2.43. The van der Waals surface area contributed by atoms with E-state index in [0.717, 1.165) is 18.4 Å². The molecule has 1 aliphatic rings. The van der Waals surface area contributed by atoms with Crippen molar-refractivity contribution in [2.45, 2.75) is 58.4 Å². The van der Waals surface area contributed by atoms with Gasteiger partial charge in [0.2, 0.25) is 0 Å². The molecule has 0 aromatic carbocycles. The monoisotopic (exact) mass is 226 g/mol. The van der Waals surface area contributed by atoms with E-state index in [0.29, 0.717) is 5.54 Å². The van der Waals surface area contributed by atoms with Crippen molar-refractivity contribution in [2.24, 2.45) is 17.6 Å². The van der Waals surface area contributed by atoms with Crippen molar-refractivity contribution in [1.82, 2.24) is 4.90 Å². The molecule has 0 spiro atoms. The van der Waals surface area contributed by atoms with Crippen LogP contribution >= 0.6 is 0 Å². The van der Waals surface area contributed by atoms with Gasteiger partial charge < -0.3 is 5.73 Å². The summed E-state index contributed by atoms with van der Waals surface area (Å²) in [5.74, 6) is 1.61. The van der Waals surface area contributed by atoms with E-state index in [1.54, 1.807) is 0 Å². The van der Waals surface area contributed by atoms with E-state index in [1.807, 2.05) is 0 Å². The number of nitrogens with zero attached hydrogens (tertiary/aromatic N) is 1. The first-order valence-electron chi connectivity index (χ1n) is 6.98. The molecular weight excluding hydrogens is 196 g/mol. The lowest BCUT2D eigenvalue weighted by Gasteiger charge is -2.43. The number of rotatable bonds is 6. The van der Waals surface area contributed by atoms with Crippen LogP contribution < -0.4 is 5.73 Å². The molecule has 96 valence electrons. The summed E-state index contributed by atoms with van der Waals surface area (Å²) in [5.41, 5.74) is 6.41. The largest absolute Gasteiger partial charge is 0.329 e. The van der Waals surface area contributed by atoms with E-state index in [4.69, 9.17) is 5.73 Å². The van der Waals surface area contributed by atoms with Crippen molar-refractivity contribution >= 4 is 0 Å². The second-order valence-electron chi connectivity index (χ2n) is 5.91. The Kier molecular flexibility index (Phi) is 5.26. The molecule has 1 saturated carbocycles. The van der Waals surface area contributed by atoms with Crippen LogP contribution in [0.25, 0.3) is 0 Å². The first-order chi connectivity index (χ1) is 7.56. The van der Waals surface area contributed by atoms with E-state index in [2.05, 4.69) is 32.7 Å². The molecule has 2 heteroatoms. The summed E-state index contributed by atoms with van der Waals surface area (Å²) < 4.78 is 0. The van der Waals surface area contributed by atoms with Crippen LogP contribution in [-0.4, -0.2) is 30.6 Å². The van der Waals surface area contributed by atoms with Gasteiger partial charge in [0.1, 0.15) is 0 Å². The zero-order valence-electron chi connectivity index (χ0n) is 11.6. The van der Waals surface area contributed by atoms with Gasteiger partial charge in [-0.1, -0.05) is 33.6 Å². The Morgan fingerprint density at radius 2 is 2.12 bits per heavy atom. The van der Waals surface area contributed by atoms with E-state index in [-0.39, 0.29) is 0 Å². The molecule has 2 N–H and O–H groups in total. The fraction of sp³-hybridized carbons (Fsp3) is 1.00. The first kappa shape index (κ1) is 14.0. The molecule has 1 rings (SSSR count). The van der Waals surface area contributed by atoms with Crippen molar-refractivity contribution in [3.8, 4) is 0 Å². The van der Waals surface area contributed by atoms with E-state index in [1.165, 1.54) is 38.6 Å². The van der Waals surface area contributed by atoms with Crippen LogP contribution in [0.15, 0.2) is 0 Å². The third-order valence-electron chi connectivity index (χ3n) is 4.57. The van der Waals surface area contributed by atoms with Crippen LogP contribution in [-0.2, 0) is 0 Å². The van der Waals surface area contributed by atoms with Crippen molar-refractivity contribution in [2.75, 3.05) is 20.1 Å². The molecule has 0 saturated heterocycles. The minimum atomic E-state index is 0.309. The van der Waals surface area contributed by atoms with E-state index < -0.39 is 0 Å². The molecule has 1 aliphatic carbocycles. The predicted octanol–water partition coefficient (Wildman–Crippen LogP) is 2.87. The van der Waals surface area contributed by atoms with Crippen LogP contribution in [0.2, 0.25) is 0 Å². The first-order valence-corrected chi connectivity index (χ1v) is 6.98. The van der Waals surface area contributed by atoms with Crippen molar-refractivity contribution in [3.05, 3.63) is 0 Å². The van der Waals surface area contributed by atoms with Gasteiger partial charge in [-0.3, -0.25) is 4.90 Å². The molecule has 0 radical (unpaired) electrons. The number of hydrogen-bond acceptors (Lipinski definition) is 2. The average molecular weight is 226 g/mol.